The second kappa shape index (κ2) is 5.24. The molecule has 1 aromatic heterocycles. The summed E-state index contributed by atoms with van der Waals surface area (Å²) in [6.45, 7) is 1.75. The highest BCUT2D eigenvalue weighted by Gasteiger charge is 2.33. The number of aromatic amines is 1. The molecule has 0 bridgehead atoms. The third kappa shape index (κ3) is 2.24. The van der Waals surface area contributed by atoms with Gasteiger partial charge < -0.3 is 15.5 Å². The third-order valence-electron chi connectivity index (χ3n) is 3.55. The number of ether oxygens (including phenoxy) is 1. The van der Waals surface area contributed by atoms with Gasteiger partial charge in [-0.3, -0.25) is 4.79 Å². The lowest BCUT2D eigenvalue weighted by Crippen LogP contribution is -2.27. The van der Waals surface area contributed by atoms with Crippen LogP contribution in [-0.2, 0) is 0 Å². The standard InChI is InChI=1S/C16H12ClN3O2/c1-8-6-12-14(16(21)20-8)13(11(7-18)15(19)22-12)9-2-4-10(17)5-3-9/h2-6,13H,19H2,1H3,(H,20,21)/t13-/m0/s1. The van der Waals surface area contributed by atoms with Crippen molar-refractivity contribution in [3.05, 3.63) is 74.0 Å². The predicted molar refractivity (Wildman–Crippen MR) is 82.5 cm³/mol. The number of H-pyrrole nitrogens is 1. The fourth-order valence-corrected chi connectivity index (χ4v) is 2.72. The second-order valence-electron chi connectivity index (χ2n) is 5.04. The Kier molecular flexibility index (Phi) is 3.39. The Labute approximate surface area is 131 Å². The van der Waals surface area contributed by atoms with Crippen molar-refractivity contribution in [3.63, 3.8) is 0 Å². The van der Waals surface area contributed by atoms with Crippen molar-refractivity contribution in [1.82, 2.24) is 4.98 Å². The molecule has 1 aliphatic heterocycles. The average molecular weight is 314 g/mol. The summed E-state index contributed by atoms with van der Waals surface area (Å²) in [6.07, 6.45) is 0. The molecule has 0 unspecified atom stereocenters. The summed E-state index contributed by atoms with van der Waals surface area (Å²) >= 11 is 5.91. The molecule has 0 spiro atoms. The molecule has 5 nitrogen and oxygen atoms in total. The van der Waals surface area contributed by atoms with Crippen LogP contribution >= 0.6 is 11.6 Å². The molecule has 22 heavy (non-hydrogen) atoms. The molecule has 1 aliphatic rings. The Bertz CT molecular complexity index is 876. The molecular weight excluding hydrogens is 302 g/mol. The predicted octanol–water partition coefficient (Wildman–Crippen LogP) is 2.55. The number of aromatic nitrogens is 1. The fourth-order valence-electron chi connectivity index (χ4n) is 2.59. The van der Waals surface area contributed by atoms with E-state index in [9.17, 15) is 10.1 Å². The quantitative estimate of drug-likeness (QED) is 0.846. The Morgan fingerprint density at radius 2 is 2.05 bits per heavy atom. The maximum absolute atomic E-state index is 12.4. The first-order valence-corrected chi connectivity index (χ1v) is 6.96. The topological polar surface area (TPSA) is 91.9 Å². The van der Waals surface area contributed by atoms with E-state index in [1.54, 1.807) is 37.3 Å². The summed E-state index contributed by atoms with van der Waals surface area (Å²) in [7, 11) is 0. The van der Waals surface area contributed by atoms with Crippen LogP contribution in [0.1, 0.15) is 22.7 Å². The first-order valence-electron chi connectivity index (χ1n) is 6.58. The number of nitriles is 1. The zero-order valence-corrected chi connectivity index (χ0v) is 12.4. The van der Waals surface area contributed by atoms with Gasteiger partial charge in [-0.25, -0.2) is 0 Å². The number of allylic oxidation sites excluding steroid dienone is 1. The molecule has 0 fully saturated rings. The van der Waals surface area contributed by atoms with E-state index < -0.39 is 5.92 Å². The van der Waals surface area contributed by atoms with E-state index >= 15 is 0 Å². The molecule has 1 aromatic carbocycles. The summed E-state index contributed by atoms with van der Waals surface area (Å²) in [5.74, 6) is -0.187. The number of nitrogens with zero attached hydrogens (tertiary/aromatic N) is 1. The average Bonchev–Trinajstić information content (AvgIpc) is 2.46. The molecule has 2 heterocycles. The number of rotatable bonds is 1. The van der Waals surface area contributed by atoms with E-state index in [1.807, 2.05) is 6.07 Å². The Morgan fingerprint density at radius 3 is 2.68 bits per heavy atom. The van der Waals surface area contributed by atoms with Crippen LogP contribution in [0.5, 0.6) is 5.75 Å². The normalized spacial score (nSPS) is 16.7. The van der Waals surface area contributed by atoms with Crippen molar-refractivity contribution < 1.29 is 4.74 Å². The lowest BCUT2D eigenvalue weighted by Gasteiger charge is -2.25. The fraction of sp³-hybridized carbons (Fsp3) is 0.125. The first-order chi connectivity index (χ1) is 10.5. The van der Waals surface area contributed by atoms with E-state index in [0.29, 0.717) is 22.0 Å². The van der Waals surface area contributed by atoms with Crippen molar-refractivity contribution in [2.75, 3.05) is 0 Å². The third-order valence-corrected chi connectivity index (χ3v) is 3.81. The lowest BCUT2D eigenvalue weighted by molar-refractivity contribution is 0.391. The summed E-state index contributed by atoms with van der Waals surface area (Å²) in [5, 5.41) is 9.99. The molecular formula is C16H12ClN3O2. The monoisotopic (exact) mass is 313 g/mol. The number of nitrogens with one attached hydrogen (secondary N) is 1. The molecule has 0 saturated heterocycles. The van der Waals surface area contributed by atoms with Crippen LogP contribution in [0.2, 0.25) is 5.02 Å². The van der Waals surface area contributed by atoms with Gasteiger partial charge >= 0.3 is 0 Å². The minimum atomic E-state index is -0.574. The highest BCUT2D eigenvalue weighted by molar-refractivity contribution is 6.30. The number of aryl methyl sites for hydroxylation is 1. The van der Waals surface area contributed by atoms with Gasteiger partial charge in [-0.2, -0.15) is 5.26 Å². The Morgan fingerprint density at radius 1 is 1.36 bits per heavy atom. The molecule has 6 heteroatoms. The Hall–Kier alpha value is -2.71. The summed E-state index contributed by atoms with van der Waals surface area (Å²) in [4.78, 5) is 15.1. The van der Waals surface area contributed by atoms with E-state index in [2.05, 4.69) is 4.98 Å². The molecule has 3 N–H and O–H groups in total. The lowest BCUT2D eigenvalue weighted by atomic mass is 9.84. The molecule has 0 amide bonds. The highest BCUT2D eigenvalue weighted by atomic mass is 35.5. The van der Waals surface area contributed by atoms with Crippen LogP contribution in [0, 0.1) is 18.3 Å². The molecule has 2 aromatic rings. The van der Waals surface area contributed by atoms with Crippen molar-refractivity contribution in [1.29, 1.82) is 5.26 Å². The van der Waals surface area contributed by atoms with Gasteiger partial charge in [0.15, 0.2) is 0 Å². The largest absolute Gasteiger partial charge is 0.440 e. The molecule has 0 saturated carbocycles. The number of halogens is 1. The van der Waals surface area contributed by atoms with Crippen LogP contribution in [-0.4, -0.2) is 4.98 Å². The van der Waals surface area contributed by atoms with Gasteiger partial charge in [0.05, 0.1) is 11.5 Å². The Balaban J connectivity index is 2.29. The first kappa shape index (κ1) is 14.2. The number of nitrogens with two attached hydrogens (primary N) is 1. The molecule has 1 atom stereocenters. The number of pyridine rings is 1. The van der Waals surface area contributed by atoms with Crippen LogP contribution < -0.4 is 16.0 Å². The van der Waals surface area contributed by atoms with Crippen LogP contribution in [0.4, 0.5) is 0 Å². The highest BCUT2D eigenvalue weighted by Crippen LogP contribution is 2.40. The number of fused-ring (bicyclic) bond motifs is 1. The SMILES string of the molecule is Cc1cc2c(c(=O)[nH]1)[C@@H](c1ccc(Cl)cc1)C(C#N)=C(N)O2. The van der Waals surface area contributed by atoms with Gasteiger partial charge in [0.2, 0.25) is 5.88 Å². The van der Waals surface area contributed by atoms with Crippen LogP contribution in [0.3, 0.4) is 0 Å². The van der Waals surface area contributed by atoms with E-state index in [-0.39, 0.29) is 17.0 Å². The van der Waals surface area contributed by atoms with Gasteiger partial charge in [-0.05, 0) is 24.6 Å². The zero-order chi connectivity index (χ0) is 15.9. The van der Waals surface area contributed by atoms with Crippen molar-refractivity contribution in [3.8, 4) is 11.8 Å². The summed E-state index contributed by atoms with van der Waals surface area (Å²) < 4.78 is 5.46. The van der Waals surface area contributed by atoms with Crippen LogP contribution in [0.25, 0.3) is 0 Å². The van der Waals surface area contributed by atoms with Gasteiger partial charge in [0.25, 0.3) is 5.56 Å². The maximum atomic E-state index is 12.4. The number of hydrogen-bond donors (Lipinski definition) is 2. The van der Waals surface area contributed by atoms with E-state index in [1.165, 1.54) is 0 Å². The van der Waals surface area contributed by atoms with Crippen molar-refractivity contribution in [2.24, 2.45) is 5.73 Å². The van der Waals surface area contributed by atoms with Crippen LogP contribution in [0.15, 0.2) is 46.6 Å². The molecule has 0 radical (unpaired) electrons. The van der Waals surface area contributed by atoms with Gasteiger partial charge in [0, 0.05) is 16.8 Å². The number of hydrogen-bond acceptors (Lipinski definition) is 4. The van der Waals surface area contributed by atoms with Crippen molar-refractivity contribution in [2.45, 2.75) is 12.8 Å². The molecule has 110 valence electrons. The maximum Gasteiger partial charge on any atom is 0.256 e. The minimum absolute atomic E-state index is 0.0138. The van der Waals surface area contributed by atoms with Gasteiger partial charge in [-0.1, -0.05) is 23.7 Å². The van der Waals surface area contributed by atoms with Crippen molar-refractivity contribution >= 4 is 11.6 Å². The van der Waals surface area contributed by atoms with E-state index in [4.69, 9.17) is 22.1 Å². The van der Waals surface area contributed by atoms with Gasteiger partial charge in [0.1, 0.15) is 17.4 Å². The molecule has 0 aliphatic carbocycles. The van der Waals surface area contributed by atoms with Gasteiger partial charge in [-0.15, -0.1) is 0 Å². The zero-order valence-electron chi connectivity index (χ0n) is 11.7. The summed E-state index contributed by atoms with van der Waals surface area (Å²) in [5.41, 5.74) is 7.56. The van der Waals surface area contributed by atoms with E-state index in [0.717, 1.165) is 5.56 Å². The summed E-state index contributed by atoms with van der Waals surface area (Å²) in [6, 6.07) is 10.7. The number of benzene rings is 1. The second-order valence-corrected chi connectivity index (χ2v) is 5.47. The smallest absolute Gasteiger partial charge is 0.256 e. The minimum Gasteiger partial charge on any atom is -0.440 e. The molecule has 3 rings (SSSR count).